The highest BCUT2D eigenvalue weighted by Crippen LogP contribution is 2.28. The number of hydrogen-bond acceptors (Lipinski definition) is 9. The fourth-order valence-corrected chi connectivity index (χ4v) is 2.64. The van der Waals surface area contributed by atoms with E-state index in [-0.39, 0.29) is 22.8 Å². The fourth-order valence-electron chi connectivity index (χ4n) is 2.64. The lowest BCUT2D eigenvalue weighted by molar-refractivity contribution is -0.167. The van der Waals surface area contributed by atoms with Crippen molar-refractivity contribution in [3.8, 4) is 0 Å². The molecule has 0 aliphatic heterocycles. The highest BCUT2D eigenvalue weighted by molar-refractivity contribution is 5.95. The molecule has 0 atom stereocenters. The lowest BCUT2D eigenvalue weighted by atomic mass is 10.2. The first-order valence-electron chi connectivity index (χ1n) is 9.12. The van der Waals surface area contributed by atoms with E-state index >= 15 is 0 Å². The van der Waals surface area contributed by atoms with Gasteiger partial charge in [-0.05, 0) is 58.8 Å². The maximum atomic E-state index is 12.4. The number of hydrogen-bond donors (Lipinski definition) is 4. The molecule has 2 aromatic heterocycles. The Hall–Kier alpha value is -4.42. The molecule has 0 unspecified atom stereocenters. The van der Waals surface area contributed by atoms with Crippen molar-refractivity contribution >= 4 is 51.6 Å². The molecule has 0 spiro atoms. The molecular weight excluding hydrogens is 429 g/mol. The smallest absolute Gasteiger partial charge is 0.388 e. The van der Waals surface area contributed by atoms with Crippen molar-refractivity contribution in [3.63, 3.8) is 0 Å². The van der Waals surface area contributed by atoms with Gasteiger partial charge in [-0.15, -0.1) is 0 Å². The van der Waals surface area contributed by atoms with Crippen molar-refractivity contribution in [1.82, 2.24) is 20.3 Å². The molecule has 0 fully saturated rings. The Labute approximate surface area is 178 Å². The highest BCUT2D eigenvalue weighted by Gasteiger charge is 2.38. The van der Waals surface area contributed by atoms with E-state index in [0.717, 1.165) is 11.4 Å². The number of carbonyl (C=O) groups is 1. The second-order valence-electron chi connectivity index (χ2n) is 6.44. The topological polar surface area (TPSA) is 130 Å². The van der Waals surface area contributed by atoms with E-state index < -0.39 is 12.1 Å². The first-order valence-corrected chi connectivity index (χ1v) is 9.12. The number of nitrogens with zero attached hydrogens (tertiary/aromatic N) is 4. The molecule has 13 heteroatoms. The summed E-state index contributed by atoms with van der Waals surface area (Å²) in [4.78, 5) is 19.7. The molecule has 2 aromatic carbocycles. The molecule has 164 valence electrons. The van der Waals surface area contributed by atoms with E-state index in [2.05, 4.69) is 40.9 Å². The minimum absolute atomic E-state index is 0.0110. The Balaban J connectivity index is 1.57. The van der Waals surface area contributed by atoms with Crippen LogP contribution in [0.3, 0.4) is 0 Å². The van der Waals surface area contributed by atoms with Crippen molar-refractivity contribution in [2.24, 2.45) is 0 Å². The Morgan fingerprint density at radius 3 is 1.66 bits per heavy atom. The first-order chi connectivity index (χ1) is 15.3. The van der Waals surface area contributed by atoms with Crippen molar-refractivity contribution in [2.45, 2.75) is 6.18 Å². The molecule has 2 heterocycles. The summed E-state index contributed by atoms with van der Waals surface area (Å²) < 4.78 is 41.9. The zero-order valence-electron chi connectivity index (χ0n) is 16.4. The predicted octanol–water partition coefficient (Wildman–Crippen LogP) is 4.04. The van der Waals surface area contributed by atoms with Crippen molar-refractivity contribution in [2.75, 3.05) is 28.3 Å². The molecule has 0 aliphatic rings. The summed E-state index contributed by atoms with van der Waals surface area (Å²) in [5, 5.41) is 18.3. The van der Waals surface area contributed by atoms with E-state index in [9.17, 15) is 18.0 Å². The summed E-state index contributed by atoms with van der Waals surface area (Å²) in [6.45, 7) is 0. The van der Waals surface area contributed by atoms with Crippen molar-refractivity contribution in [1.29, 1.82) is 0 Å². The van der Waals surface area contributed by atoms with Gasteiger partial charge in [0.2, 0.25) is 11.3 Å². The Kier molecular flexibility index (Phi) is 5.45. The van der Waals surface area contributed by atoms with Crippen molar-refractivity contribution < 1.29 is 22.6 Å². The number of aromatic nitrogens is 4. The molecule has 4 N–H and O–H groups in total. The number of carbonyl (C=O) groups excluding carboxylic acids is 1. The van der Waals surface area contributed by atoms with Gasteiger partial charge in [0, 0.05) is 29.8 Å². The van der Waals surface area contributed by atoms with E-state index in [0.29, 0.717) is 11.5 Å². The van der Waals surface area contributed by atoms with Gasteiger partial charge < -0.3 is 21.3 Å². The van der Waals surface area contributed by atoms with Crippen LogP contribution in [0.15, 0.2) is 53.2 Å². The Bertz CT molecular complexity index is 1240. The monoisotopic (exact) mass is 444 g/mol. The third-order valence-corrected chi connectivity index (χ3v) is 4.21. The summed E-state index contributed by atoms with van der Waals surface area (Å²) in [6.07, 6.45) is -4.97. The minimum Gasteiger partial charge on any atom is -0.388 e. The number of halogens is 3. The normalized spacial score (nSPS) is 11.2. The quantitative estimate of drug-likeness (QED) is 0.348. The predicted molar refractivity (Wildman–Crippen MR) is 111 cm³/mol. The third kappa shape index (κ3) is 4.66. The minimum atomic E-state index is -4.97. The largest absolute Gasteiger partial charge is 0.471 e. The molecule has 0 aliphatic carbocycles. The van der Waals surface area contributed by atoms with Gasteiger partial charge in [-0.3, -0.25) is 4.79 Å². The zero-order chi connectivity index (χ0) is 22.7. The zero-order valence-corrected chi connectivity index (χ0v) is 16.4. The molecule has 0 bridgehead atoms. The van der Waals surface area contributed by atoms with Gasteiger partial charge in [0.15, 0.2) is 11.6 Å². The number of amides is 1. The van der Waals surface area contributed by atoms with E-state index in [1.165, 1.54) is 24.3 Å². The molecule has 0 saturated carbocycles. The van der Waals surface area contributed by atoms with Crippen LogP contribution in [0.2, 0.25) is 0 Å². The van der Waals surface area contributed by atoms with Crippen LogP contribution in [0, 0.1) is 0 Å². The summed E-state index contributed by atoms with van der Waals surface area (Å²) >= 11 is 0. The number of benzene rings is 2. The lowest BCUT2D eigenvalue weighted by Gasteiger charge is -2.13. The number of alkyl halides is 3. The van der Waals surface area contributed by atoms with Gasteiger partial charge in [0.25, 0.3) is 0 Å². The molecule has 10 nitrogen and oxygen atoms in total. The Morgan fingerprint density at radius 2 is 1.22 bits per heavy atom. The van der Waals surface area contributed by atoms with Gasteiger partial charge in [-0.25, -0.2) is 14.6 Å². The van der Waals surface area contributed by atoms with Crippen LogP contribution in [0.1, 0.15) is 0 Å². The molecule has 4 rings (SSSR count). The van der Waals surface area contributed by atoms with Crippen LogP contribution >= 0.6 is 0 Å². The maximum Gasteiger partial charge on any atom is 0.471 e. The van der Waals surface area contributed by atoms with Gasteiger partial charge in [-0.1, -0.05) is 0 Å². The van der Waals surface area contributed by atoms with Crippen LogP contribution in [-0.4, -0.2) is 39.4 Å². The lowest BCUT2D eigenvalue weighted by Crippen LogP contribution is -2.29. The van der Waals surface area contributed by atoms with Gasteiger partial charge in [0.05, 0.1) is 0 Å². The van der Waals surface area contributed by atoms with Crippen LogP contribution in [0.25, 0.3) is 11.3 Å². The molecule has 4 aromatic rings. The molecule has 1 amide bonds. The average Bonchev–Trinajstić information content (AvgIpc) is 3.22. The summed E-state index contributed by atoms with van der Waals surface area (Å²) in [7, 11) is 1.81. The van der Waals surface area contributed by atoms with Crippen LogP contribution in [0.4, 0.5) is 47.6 Å². The van der Waals surface area contributed by atoms with E-state index in [4.69, 9.17) is 0 Å². The average molecular weight is 444 g/mol. The number of nitrogens with one attached hydrogen (secondary N) is 4. The highest BCUT2D eigenvalue weighted by atomic mass is 19.4. The van der Waals surface area contributed by atoms with Gasteiger partial charge in [-0.2, -0.15) is 13.2 Å². The van der Waals surface area contributed by atoms with Crippen LogP contribution in [0.5, 0.6) is 0 Å². The summed E-state index contributed by atoms with van der Waals surface area (Å²) in [5.41, 5.74) is 2.47. The maximum absolute atomic E-state index is 12.4. The number of fused-ring (bicyclic) bond motifs is 1. The van der Waals surface area contributed by atoms with Crippen molar-refractivity contribution in [3.05, 3.63) is 48.5 Å². The Morgan fingerprint density at radius 1 is 0.781 bits per heavy atom. The molecule has 32 heavy (non-hydrogen) atoms. The fraction of sp³-hybridized carbons (Fsp3) is 0.105. The second-order valence-corrected chi connectivity index (χ2v) is 6.44. The third-order valence-electron chi connectivity index (χ3n) is 4.21. The number of anilines is 6. The first kappa shape index (κ1) is 20.8. The van der Waals surface area contributed by atoms with Gasteiger partial charge >= 0.3 is 12.1 Å². The standard InChI is InChI=1S/C19H15F3N8O2/c1-23-10-2-4-11(5-3-10)24-14-15(28-17-16(27-14)29-32-30-17)25-12-6-8-13(9-7-12)26-18(31)19(20,21)22/h2-9,23H,1H3,(H,26,31)(H,24,27,29)(H,25,28,30). The van der Waals surface area contributed by atoms with Crippen LogP contribution in [-0.2, 0) is 4.79 Å². The second kappa shape index (κ2) is 8.37. The summed E-state index contributed by atoms with van der Waals surface area (Å²) in [6, 6.07) is 13.0. The number of rotatable bonds is 6. The SMILES string of the molecule is CNc1ccc(Nc2nc3nonc3nc2Nc2ccc(NC(=O)C(F)(F)F)cc2)cc1. The van der Waals surface area contributed by atoms with E-state index in [1.807, 2.05) is 24.3 Å². The van der Waals surface area contributed by atoms with Crippen LogP contribution < -0.4 is 21.3 Å². The molecule has 0 saturated heterocycles. The van der Waals surface area contributed by atoms with E-state index in [1.54, 1.807) is 12.4 Å². The van der Waals surface area contributed by atoms with Gasteiger partial charge in [0.1, 0.15) is 0 Å². The molecular formula is C19H15F3N8O2. The summed E-state index contributed by atoms with van der Waals surface area (Å²) in [5.74, 6) is -1.46. The molecule has 0 radical (unpaired) electrons.